The van der Waals surface area contributed by atoms with Crippen molar-refractivity contribution in [3.05, 3.63) is 36.7 Å². The first-order valence-corrected chi connectivity index (χ1v) is 4.24. The van der Waals surface area contributed by atoms with Crippen LogP contribution in [0.5, 0.6) is 0 Å². The summed E-state index contributed by atoms with van der Waals surface area (Å²) in [5.41, 5.74) is 1.01. The van der Waals surface area contributed by atoms with Gasteiger partial charge in [0.2, 0.25) is 0 Å². The molecule has 0 bridgehead atoms. The first-order chi connectivity index (χ1) is 6.86. The molecule has 0 unspecified atom stereocenters. The van der Waals surface area contributed by atoms with E-state index in [1.54, 1.807) is 6.20 Å². The number of hydrogen-bond donors (Lipinski definition) is 0. The van der Waals surface area contributed by atoms with Crippen LogP contribution in [-0.4, -0.2) is 15.0 Å². The normalized spacial score (nSPS) is 11.2. The molecule has 3 aromatic rings. The van der Waals surface area contributed by atoms with Crippen LogP contribution in [-0.2, 0) is 0 Å². The van der Waals surface area contributed by atoms with Gasteiger partial charge >= 0.3 is 0 Å². The average molecular weight is 187 g/mol. The topological polar surface area (TPSA) is 30.7 Å². The number of fused-ring (bicyclic) bond motifs is 3. The zero-order chi connectivity index (χ0) is 9.54. The summed E-state index contributed by atoms with van der Waals surface area (Å²) in [7, 11) is 0. The molecule has 0 atom stereocenters. The Kier molecular flexibility index (Phi) is 1.33. The highest BCUT2D eigenvalue weighted by Gasteiger charge is 2.06. The van der Waals surface area contributed by atoms with Crippen LogP contribution in [0.15, 0.2) is 36.7 Å². The molecule has 2 aromatic heterocycles. The van der Waals surface area contributed by atoms with Crippen LogP contribution in [0.2, 0.25) is 0 Å². The summed E-state index contributed by atoms with van der Waals surface area (Å²) < 4.78 is 13.2. The van der Waals surface area contributed by atoms with E-state index in [0.717, 1.165) is 10.8 Å². The summed E-state index contributed by atoms with van der Waals surface area (Å²) in [4.78, 5) is 4.47. The Morgan fingerprint density at radius 1 is 1.14 bits per heavy atom. The highest BCUT2D eigenvalue weighted by molar-refractivity contribution is 6.02. The van der Waals surface area contributed by atoms with Crippen molar-refractivity contribution in [1.29, 1.82) is 0 Å². The fraction of sp³-hybridized carbons (Fsp3) is 0. The minimum atomic E-state index is 0.366. The zero-order valence-electron chi connectivity index (χ0n) is 7.18. The molecule has 0 N–H and O–H groups in total. The Balaban J connectivity index is 2.65. The molecular weight excluding hydrogens is 181 g/mol. The third-order valence-electron chi connectivity index (χ3n) is 2.27. The van der Waals surface area contributed by atoms with Gasteiger partial charge in [0.05, 0.1) is 6.20 Å². The molecule has 0 radical (unpaired) electrons. The van der Waals surface area contributed by atoms with Crippen molar-refractivity contribution < 1.29 is 4.48 Å². The number of nitrogens with zero attached hydrogens (tertiary/aromatic N) is 3. The van der Waals surface area contributed by atoms with Gasteiger partial charge in [-0.15, -0.1) is 5.10 Å². The van der Waals surface area contributed by atoms with Gasteiger partial charge in [-0.3, -0.25) is 4.98 Å². The van der Waals surface area contributed by atoms with Gasteiger partial charge in [-0.1, -0.05) is 33.7 Å². The highest BCUT2D eigenvalue weighted by atomic mass is 19.2. The lowest BCUT2D eigenvalue weighted by Gasteiger charge is -1.97. The molecule has 1 aromatic carbocycles. The van der Waals surface area contributed by atoms with E-state index in [1.165, 1.54) is 6.20 Å². The number of aromatic nitrogens is 3. The lowest BCUT2D eigenvalue weighted by molar-refractivity contribution is 0.333. The Morgan fingerprint density at radius 3 is 2.93 bits per heavy atom. The van der Waals surface area contributed by atoms with E-state index in [-0.39, 0.29) is 0 Å². The molecule has 0 saturated carbocycles. The van der Waals surface area contributed by atoms with Crippen molar-refractivity contribution in [1.82, 2.24) is 15.0 Å². The Bertz CT molecular complexity index is 615. The molecule has 0 fully saturated rings. The third kappa shape index (κ3) is 0.849. The predicted octanol–water partition coefficient (Wildman–Crippen LogP) is 2.32. The number of halogens is 1. The van der Waals surface area contributed by atoms with E-state index < -0.39 is 0 Å². The SMILES string of the molecule is Fn1ncc2ncc3ccccc3c21. The Hall–Kier alpha value is -1.97. The number of hydrogen-bond acceptors (Lipinski definition) is 2. The lowest BCUT2D eigenvalue weighted by Crippen LogP contribution is -1.85. The molecule has 0 amide bonds. The predicted molar refractivity (Wildman–Crippen MR) is 51.5 cm³/mol. The summed E-state index contributed by atoms with van der Waals surface area (Å²) in [6, 6.07) is 7.52. The highest BCUT2D eigenvalue weighted by Crippen LogP contribution is 2.22. The molecule has 0 aliphatic carbocycles. The second-order valence-electron chi connectivity index (χ2n) is 3.08. The van der Waals surface area contributed by atoms with Gasteiger partial charge in [0, 0.05) is 17.0 Å². The number of pyridine rings is 1. The maximum atomic E-state index is 13.2. The van der Waals surface area contributed by atoms with Crippen molar-refractivity contribution in [3.8, 4) is 0 Å². The lowest BCUT2D eigenvalue weighted by atomic mass is 10.1. The molecule has 0 saturated heterocycles. The molecule has 0 aliphatic rings. The van der Waals surface area contributed by atoms with Gasteiger partial charge in [0.25, 0.3) is 0 Å². The van der Waals surface area contributed by atoms with Gasteiger partial charge in [0.1, 0.15) is 11.0 Å². The first-order valence-electron chi connectivity index (χ1n) is 4.24. The summed E-state index contributed by atoms with van der Waals surface area (Å²) in [6.07, 6.45) is 3.14. The minimum Gasteiger partial charge on any atom is -0.252 e. The quantitative estimate of drug-likeness (QED) is 0.540. The van der Waals surface area contributed by atoms with Crippen molar-refractivity contribution in [2.75, 3.05) is 0 Å². The second kappa shape index (κ2) is 2.51. The fourth-order valence-corrected chi connectivity index (χ4v) is 1.61. The Labute approximate surface area is 78.7 Å². The van der Waals surface area contributed by atoms with Crippen molar-refractivity contribution in [2.24, 2.45) is 0 Å². The first kappa shape index (κ1) is 7.44. The van der Waals surface area contributed by atoms with Crippen molar-refractivity contribution >= 4 is 21.8 Å². The van der Waals surface area contributed by atoms with Crippen LogP contribution in [0.25, 0.3) is 21.8 Å². The monoisotopic (exact) mass is 187 g/mol. The largest absolute Gasteiger partial charge is 0.252 e. The van der Waals surface area contributed by atoms with Gasteiger partial charge in [-0.2, -0.15) is 0 Å². The summed E-state index contributed by atoms with van der Waals surface area (Å²) in [5.74, 6) is 0. The van der Waals surface area contributed by atoms with Gasteiger partial charge in [-0.05, 0) is 0 Å². The van der Waals surface area contributed by atoms with E-state index in [2.05, 4.69) is 10.1 Å². The van der Waals surface area contributed by atoms with Crippen LogP contribution >= 0.6 is 0 Å². The van der Waals surface area contributed by atoms with Crippen LogP contribution in [0.3, 0.4) is 0 Å². The molecule has 3 nitrogen and oxygen atoms in total. The minimum absolute atomic E-state index is 0.366. The van der Waals surface area contributed by atoms with Crippen molar-refractivity contribution in [2.45, 2.75) is 0 Å². The molecule has 2 heterocycles. The van der Waals surface area contributed by atoms with Crippen LogP contribution in [0.4, 0.5) is 4.48 Å². The average Bonchev–Trinajstić information content (AvgIpc) is 2.61. The Morgan fingerprint density at radius 2 is 2.00 bits per heavy atom. The maximum Gasteiger partial charge on any atom is 0.130 e. The number of rotatable bonds is 0. The molecule has 14 heavy (non-hydrogen) atoms. The smallest absolute Gasteiger partial charge is 0.130 e. The van der Waals surface area contributed by atoms with Gasteiger partial charge in [0.15, 0.2) is 0 Å². The maximum absolute atomic E-state index is 13.2. The molecule has 3 rings (SSSR count). The zero-order valence-corrected chi connectivity index (χ0v) is 7.18. The van der Waals surface area contributed by atoms with Crippen LogP contribution < -0.4 is 0 Å². The fourth-order valence-electron chi connectivity index (χ4n) is 1.61. The summed E-state index contributed by atoms with van der Waals surface area (Å²) >= 11 is 0. The van der Waals surface area contributed by atoms with Crippen LogP contribution in [0.1, 0.15) is 0 Å². The van der Waals surface area contributed by atoms with E-state index in [0.29, 0.717) is 15.9 Å². The van der Waals surface area contributed by atoms with Gasteiger partial charge in [-0.25, -0.2) is 0 Å². The summed E-state index contributed by atoms with van der Waals surface area (Å²) in [6.45, 7) is 0. The second-order valence-corrected chi connectivity index (χ2v) is 3.08. The van der Waals surface area contributed by atoms with Gasteiger partial charge < -0.3 is 0 Å². The molecule has 4 heteroatoms. The molecular formula is C10H6FN3. The van der Waals surface area contributed by atoms with E-state index in [4.69, 9.17) is 0 Å². The standard InChI is InChI=1S/C10H6FN3/c11-14-10-8-4-2-1-3-7(8)5-12-9(10)6-13-14/h1-6H. The van der Waals surface area contributed by atoms with E-state index in [1.807, 2.05) is 24.3 Å². The molecule has 68 valence electrons. The van der Waals surface area contributed by atoms with Crippen molar-refractivity contribution in [3.63, 3.8) is 0 Å². The molecule has 0 spiro atoms. The van der Waals surface area contributed by atoms with E-state index >= 15 is 0 Å². The van der Waals surface area contributed by atoms with E-state index in [9.17, 15) is 4.48 Å². The molecule has 0 aliphatic heterocycles. The van der Waals surface area contributed by atoms with Crippen LogP contribution in [0, 0.1) is 0 Å². The number of benzene rings is 1. The summed E-state index contributed by atoms with van der Waals surface area (Å²) in [5, 5.41) is 5.28. The third-order valence-corrected chi connectivity index (χ3v) is 2.27.